The monoisotopic (exact) mass is 403 g/mol. The van der Waals surface area contributed by atoms with Crippen molar-refractivity contribution in [3.05, 3.63) is 65.5 Å². The number of aromatic amines is 1. The van der Waals surface area contributed by atoms with Gasteiger partial charge in [0.2, 0.25) is 11.8 Å². The topological polar surface area (TPSA) is 81.3 Å². The van der Waals surface area contributed by atoms with E-state index in [9.17, 15) is 9.59 Å². The predicted molar refractivity (Wildman–Crippen MR) is 118 cm³/mol. The molecule has 2 amide bonds. The molecule has 1 aromatic carbocycles. The Labute approximate surface area is 175 Å². The van der Waals surface area contributed by atoms with Crippen LogP contribution in [-0.4, -0.2) is 52.2 Å². The number of pyridine rings is 1. The highest BCUT2D eigenvalue weighted by atomic mass is 16.2. The van der Waals surface area contributed by atoms with Gasteiger partial charge in [-0.05, 0) is 48.7 Å². The maximum atomic E-state index is 12.8. The second kappa shape index (κ2) is 8.12. The summed E-state index contributed by atoms with van der Waals surface area (Å²) >= 11 is 0. The molecular formula is C23H25N5O2. The van der Waals surface area contributed by atoms with Crippen LogP contribution in [0.15, 0.2) is 48.8 Å². The second-order valence-corrected chi connectivity index (χ2v) is 7.74. The summed E-state index contributed by atoms with van der Waals surface area (Å²) in [5.41, 5.74) is 3.87. The number of benzene rings is 1. The minimum Gasteiger partial charge on any atom is -0.361 e. The molecule has 2 aromatic heterocycles. The van der Waals surface area contributed by atoms with E-state index in [2.05, 4.69) is 21.4 Å². The molecule has 4 rings (SSSR count). The molecule has 0 saturated carbocycles. The number of rotatable bonds is 4. The van der Waals surface area contributed by atoms with Crippen LogP contribution < -0.4 is 5.32 Å². The number of nitrogens with zero attached hydrogens (tertiary/aromatic N) is 3. The van der Waals surface area contributed by atoms with Gasteiger partial charge in [0.1, 0.15) is 5.82 Å². The zero-order chi connectivity index (χ0) is 21.3. The van der Waals surface area contributed by atoms with Crippen molar-refractivity contribution in [1.29, 1.82) is 0 Å². The van der Waals surface area contributed by atoms with E-state index in [0.29, 0.717) is 18.9 Å². The van der Waals surface area contributed by atoms with Gasteiger partial charge in [-0.15, -0.1) is 0 Å². The number of anilines is 1. The number of amides is 2. The van der Waals surface area contributed by atoms with Gasteiger partial charge in [-0.1, -0.05) is 18.2 Å². The molecule has 1 unspecified atom stereocenters. The van der Waals surface area contributed by atoms with Crippen LogP contribution in [0.2, 0.25) is 0 Å². The number of para-hydroxylation sites is 1. The zero-order valence-electron chi connectivity index (χ0n) is 17.3. The fourth-order valence-electron chi connectivity index (χ4n) is 3.76. The second-order valence-electron chi connectivity index (χ2n) is 7.74. The lowest BCUT2D eigenvalue weighted by atomic mass is 10.0. The first-order valence-electron chi connectivity index (χ1n) is 9.90. The molecule has 154 valence electrons. The van der Waals surface area contributed by atoms with Crippen LogP contribution in [0.25, 0.3) is 17.0 Å². The molecular weight excluding hydrogens is 378 g/mol. The van der Waals surface area contributed by atoms with Gasteiger partial charge < -0.3 is 15.2 Å². The molecule has 0 aliphatic carbocycles. The van der Waals surface area contributed by atoms with E-state index in [1.165, 1.54) is 0 Å². The summed E-state index contributed by atoms with van der Waals surface area (Å²) < 4.78 is 0. The molecule has 0 spiro atoms. The summed E-state index contributed by atoms with van der Waals surface area (Å²) in [7, 11) is 3.70. The number of H-pyrrole nitrogens is 1. The Morgan fingerprint density at radius 3 is 2.97 bits per heavy atom. The minimum absolute atomic E-state index is 0.0741. The SMILES string of the molecule is CC(c1cccc2cc[nH]c12)N(C)C(=O)C=Cc1cnc2c(c1)CN(C)CC(=O)N2. The summed E-state index contributed by atoms with van der Waals surface area (Å²) in [5.74, 6) is 0.416. The molecule has 1 aliphatic heterocycles. The normalized spacial score (nSPS) is 15.6. The summed E-state index contributed by atoms with van der Waals surface area (Å²) in [4.78, 5) is 35.9. The highest BCUT2D eigenvalue weighted by Gasteiger charge is 2.19. The quantitative estimate of drug-likeness (QED) is 0.656. The minimum atomic E-state index is -0.0913. The number of likely N-dealkylation sites (N-methyl/N-ethyl adjacent to an activating group) is 2. The molecule has 30 heavy (non-hydrogen) atoms. The molecule has 7 heteroatoms. The molecule has 1 aliphatic rings. The van der Waals surface area contributed by atoms with Crippen molar-refractivity contribution in [3.63, 3.8) is 0 Å². The molecule has 1 atom stereocenters. The Kier molecular flexibility index (Phi) is 5.37. The molecule has 3 heterocycles. The van der Waals surface area contributed by atoms with Crippen molar-refractivity contribution < 1.29 is 9.59 Å². The van der Waals surface area contributed by atoms with Crippen molar-refractivity contribution >= 4 is 34.6 Å². The Morgan fingerprint density at radius 2 is 2.13 bits per heavy atom. The fraction of sp³-hybridized carbons (Fsp3) is 0.261. The van der Waals surface area contributed by atoms with Crippen molar-refractivity contribution in [1.82, 2.24) is 19.8 Å². The van der Waals surface area contributed by atoms with Crippen molar-refractivity contribution in [3.8, 4) is 0 Å². The lowest BCUT2D eigenvalue weighted by Crippen LogP contribution is -2.28. The number of nitrogens with one attached hydrogen (secondary N) is 2. The Bertz CT molecular complexity index is 1130. The van der Waals surface area contributed by atoms with Gasteiger partial charge in [0.25, 0.3) is 0 Å². The lowest BCUT2D eigenvalue weighted by Gasteiger charge is -2.24. The van der Waals surface area contributed by atoms with Crippen LogP contribution in [0, 0.1) is 0 Å². The first-order valence-corrected chi connectivity index (χ1v) is 9.90. The number of hydrogen-bond acceptors (Lipinski definition) is 4. The number of fused-ring (bicyclic) bond motifs is 2. The van der Waals surface area contributed by atoms with Gasteiger partial charge in [-0.3, -0.25) is 14.5 Å². The van der Waals surface area contributed by atoms with Crippen molar-refractivity contribution in [2.75, 3.05) is 26.0 Å². The van der Waals surface area contributed by atoms with E-state index in [1.807, 2.05) is 49.3 Å². The molecule has 0 saturated heterocycles. The fourth-order valence-corrected chi connectivity index (χ4v) is 3.76. The van der Waals surface area contributed by atoms with Crippen LogP contribution in [0.4, 0.5) is 5.82 Å². The van der Waals surface area contributed by atoms with Crippen molar-refractivity contribution in [2.24, 2.45) is 0 Å². The van der Waals surface area contributed by atoms with Gasteiger partial charge in [0, 0.05) is 37.6 Å². The number of aromatic nitrogens is 2. The Hall–Kier alpha value is -3.45. The van der Waals surface area contributed by atoms with Gasteiger partial charge >= 0.3 is 0 Å². The smallest absolute Gasteiger partial charge is 0.246 e. The van der Waals surface area contributed by atoms with Crippen LogP contribution in [-0.2, 0) is 16.1 Å². The standard InChI is InChI=1S/C23H25N5O2/c1-15(19-6-4-5-17-9-10-24-22(17)19)28(3)21(30)8-7-16-11-18-13-27(2)14-20(29)26-23(18)25-12-16/h4-12,15,24H,13-14H2,1-3H3,(H,25,26,29). The van der Waals surface area contributed by atoms with Crippen LogP contribution in [0.5, 0.6) is 0 Å². The summed E-state index contributed by atoms with van der Waals surface area (Å²) in [6.07, 6.45) is 6.90. The number of carbonyl (C=O) groups is 2. The van der Waals surface area contributed by atoms with E-state index in [-0.39, 0.29) is 17.9 Å². The third-order valence-electron chi connectivity index (χ3n) is 5.52. The maximum absolute atomic E-state index is 12.8. The molecule has 0 fully saturated rings. The molecule has 0 bridgehead atoms. The third kappa shape index (κ3) is 3.97. The van der Waals surface area contributed by atoms with Crippen molar-refractivity contribution in [2.45, 2.75) is 19.5 Å². The summed E-state index contributed by atoms with van der Waals surface area (Å²) in [6.45, 7) is 2.97. The number of carbonyl (C=O) groups excluding carboxylic acids is 2. The zero-order valence-corrected chi connectivity index (χ0v) is 17.3. The maximum Gasteiger partial charge on any atom is 0.246 e. The largest absolute Gasteiger partial charge is 0.361 e. The van der Waals surface area contributed by atoms with Crippen LogP contribution in [0.1, 0.15) is 29.7 Å². The highest BCUT2D eigenvalue weighted by Crippen LogP contribution is 2.27. The van der Waals surface area contributed by atoms with Gasteiger partial charge in [-0.2, -0.15) is 0 Å². The van der Waals surface area contributed by atoms with Gasteiger partial charge in [-0.25, -0.2) is 4.98 Å². The van der Waals surface area contributed by atoms with E-state index in [1.54, 1.807) is 30.3 Å². The van der Waals surface area contributed by atoms with E-state index in [4.69, 9.17) is 0 Å². The van der Waals surface area contributed by atoms with Crippen LogP contribution in [0.3, 0.4) is 0 Å². The average molecular weight is 403 g/mol. The Balaban J connectivity index is 1.51. The van der Waals surface area contributed by atoms with E-state index < -0.39 is 0 Å². The average Bonchev–Trinajstić information content (AvgIpc) is 3.15. The van der Waals surface area contributed by atoms with Gasteiger partial charge in [0.15, 0.2) is 0 Å². The molecule has 7 nitrogen and oxygen atoms in total. The van der Waals surface area contributed by atoms with Gasteiger partial charge in [0.05, 0.1) is 18.1 Å². The van der Waals surface area contributed by atoms with Crippen LogP contribution >= 0.6 is 0 Å². The predicted octanol–water partition coefficient (Wildman–Crippen LogP) is 3.18. The Morgan fingerprint density at radius 1 is 1.30 bits per heavy atom. The summed E-state index contributed by atoms with van der Waals surface area (Å²) in [6, 6.07) is 9.99. The lowest BCUT2D eigenvalue weighted by molar-refractivity contribution is -0.126. The molecule has 3 aromatic rings. The van der Waals surface area contributed by atoms with E-state index in [0.717, 1.165) is 27.6 Å². The first-order chi connectivity index (χ1) is 14.4. The van der Waals surface area contributed by atoms with E-state index >= 15 is 0 Å². The highest BCUT2D eigenvalue weighted by molar-refractivity contribution is 5.94. The molecule has 2 N–H and O–H groups in total. The first kappa shape index (κ1) is 19.8. The molecule has 0 radical (unpaired) electrons. The number of hydrogen-bond donors (Lipinski definition) is 2. The summed E-state index contributed by atoms with van der Waals surface area (Å²) in [5, 5.41) is 3.94. The third-order valence-corrected chi connectivity index (χ3v) is 5.52.